The summed E-state index contributed by atoms with van der Waals surface area (Å²) in [5, 5.41) is 6.36. The number of nitrogens with zero attached hydrogens (tertiary/aromatic N) is 1. The van der Waals surface area contributed by atoms with Crippen molar-refractivity contribution in [2.45, 2.75) is 39.5 Å². The fraction of sp³-hybridized carbons (Fsp3) is 0.769. The third-order valence-corrected chi connectivity index (χ3v) is 2.68. The third-order valence-electron chi connectivity index (χ3n) is 2.68. The minimum Gasteiger partial charge on any atom is -0.356 e. The Morgan fingerprint density at radius 2 is 2.12 bits per heavy atom. The van der Waals surface area contributed by atoms with Crippen molar-refractivity contribution >= 4 is 5.96 Å². The van der Waals surface area contributed by atoms with E-state index in [0.29, 0.717) is 6.54 Å². The zero-order chi connectivity index (χ0) is 12.2. The number of terminal acetylenes is 1. The van der Waals surface area contributed by atoms with Gasteiger partial charge in [0.1, 0.15) is 0 Å². The van der Waals surface area contributed by atoms with Crippen LogP contribution in [-0.4, -0.2) is 26.1 Å². The number of aliphatic imine (C=N–C) groups is 1. The van der Waals surface area contributed by atoms with Gasteiger partial charge in [0.05, 0.1) is 6.54 Å². The summed E-state index contributed by atoms with van der Waals surface area (Å²) in [5.74, 6) is 4.06. The topological polar surface area (TPSA) is 36.4 Å². The molecule has 2 N–H and O–H groups in total. The van der Waals surface area contributed by atoms with Crippen LogP contribution in [0.25, 0.3) is 0 Å². The Morgan fingerprint density at radius 1 is 1.38 bits per heavy atom. The number of unbranched alkanes of at least 4 members (excludes halogenated alkanes) is 1. The van der Waals surface area contributed by atoms with Gasteiger partial charge < -0.3 is 10.6 Å². The van der Waals surface area contributed by atoms with Crippen molar-refractivity contribution in [3.05, 3.63) is 0 Å². The molecular formula is C13H25N3. The molecule has 0 spiro atoms. The van der Waals surface area contributed by atoms with Crippen molar-refractivity contribution in [2.75, 3.05) is 20.1 Å². The number of hydrogen-bond donors (Lipinski definition) is 2. The monoisotopic (exact) mass is 223 g/mol. The Bertz CT molecular complexity index is 228. The molecule has 0 saturated heterocycles. The van der Waals surface area contributed by atoms with Gasteiger partial charge in [-0.15, -0.1) is 6.42 Å². The lowest BCUT2D eigenvalue weighted by Crippen LogP contribution is -2.39. The lowest BCUT2D eigenvalue weighted by atomic mass is 9.99. The third kappa shape index (κ3) is 7.17. The molecule has 92 valence electrons. The minimum absolute atomic E-state index is 0.519. The number of nitrogens with one attached hydrogen (secondary N) is 2. The summed E-state index contributed by atoms with van der Waals surface area (Å²) in [6, 6.07) is 0. The van der Waals surface area contributed by atoms with E-state index in [4.69, 9.17) is 6.42 Å². The van der Waals surface area contributed by atoms with Gasteiger partial charge in [0.15, 0.2) is 5.96 Å². The highest BCUT2D eigenvalue weighted by Crippen LogP contribution is 2.10. The SMILES string of the molecule is C#CCNC(=NC)NCC(CC)CCCC. The summed E-state index contributed by atoms with van der Waals surface area (Å²) in [6.45, 7) is 5.96. The molecule has 0 rings (SSSR count). The van der Waals surface area contributed by atoms with Crippen molar-refractivity contribution in [3.63, 3.8) is 0 Å². The van der Waals surface area contributed by atoms with Crippen LogP contribution in [-0.2, 0) is 0 Å². The second-order valence-electron chi connectivity index (χ2n) is 3.93. The Labute approximate surface area is 100 Å². The maximum absolute atomic E-state index is 5.18. The number of guanidine groups is 1. The first-order valence-corrected chi connectivity index (χ1v) is 6.16. The van der Waals surface area contributed by atoms with Gasteiger partial charge in [-0.1, -0.05) is 39.0 Å². The summed E-state index contributed by atoms with van der Waals surface area (Å²) in [6.07, 6.45) is 10.2. The summed E-state index contributed by atoms with van der Waals surface area (Å²) in [5.41, 5.74) is 0. The van der Waals surface area contributed by atoms with Gasteiger partial charge in [-0.3, -0.25) is 4.99 Å². The Morgan fingerprint density at radius 3 is 2.62 bits per heavy atom. The van der Waals surface area contributed by atoms with Gasteiger partial charge in [-0.25, -0.2) is 0 Å². The van der Waals surface area contributed by atoms with Crippen LogP contribution in [0.4, 0.5) is 0 Å². The van der Waals surface area contributed by atoms with Crippen LogP contribution in [0.15, 0.2) is 4.99 Å². The van der Waals surface area contributed by atoms with Gasteiger partial charge in [0.25, 0.3) is 0 Å². The smallest absolute Gasteiger partial charge is 0.191 e. The summed E-state index contributed by atoms with van der Waals surface area (Å²) in [7, 11) is 1.76. The molecule has 0 aliphatic rings. The second-order valence-corrected chi connectivity index (χ2v) is 3.93. The van der Waals surface area contributed by atoms with E-state index in [1.54, 1.807) is 7.05 Å². The first kappa shape index (κ1) is 14.8. The molecule has 0 aromatic rings. The largest absolute Gasteiger partial charge is 0.356 e. The van der Waals surface area contributed by atoms with E-state index in [9.17, 15) is 0 Å². The lowest BCUT2D eigenvalue weighted by molar-refractivity contribution is 0.444. The highest BCUT2D eigenvalue weighted by Gasteiger charge is 2.06. The maximum Gasteiger partial charge on any atom is 0.191 e. The second kappa shape index (κ2) is 10.4. The molecule has 3 nitrogen and oxygen atoms in total. The van der Waals surface area contributed by atoms with E-state index in [1.165, 1.54) is 25.7 Å². The van der Waals surface area contributed by atoms with Crippen LogP contribution in [0.5, 0.6) is 0 Å². The van der Waals surface area contributed by atoms with E-state index in [0.717, 1.165) is 18.4 Å². The standard InChI is InChI=1S/C13H25N3/c1-5-8-9-12(7-3)11-16-13(14-4)15-10-6-2/h2,12H,5,7-11H2,1,3-4H3,(H2,14,15,16). The first-order valence-electron chi connectivity index (χ1n) is 6.16. The van der Waals surface area contributed by atoms with Gasteiger partial charge in [-0.2, -0.15) is 0 Å². The molecule has 0 fully saturated rings. The Balaban J connectivity index is 3.84. The molecule has 0 aliphatic carbocycles. The molecule has 0 bridgehead atoms. The van der Waals surface area contributed by atoms with Crippen LogP contribution >= 0.6 is 0 Å². The van der Waals surface area contributed by atoms with E-state index in [-0.39, 0.29) is 0 Å². The van der Waals surface area contributed by atoms with E-state index in [2.05, 4.69) is 35.4 Å². The predicted octanol–water partition coefficient (Wildman–Crippen LogP) is 2.00. The highest BCUT2D eigenvalue weighted by molar-refractivity contribution is 5.79. The predicted molar refractivity (Wildman–Crippen MR) is 71.5 cm³/mol. The Hall–Kier alpha value is -1.17. The van der Waals surface area contributed by atoms with Crippen LogP contribution < -0.4 is 10.6 Å². The Kier molecular flexibility index (Phi) is 9.59. The van der Waals surface area contributed by atoms with Crippen molar-refractivity contribution in [1.82, 2.24) is 10.6 Å². The lowest BCUT2D eigenvalue weighted by Gasteiger charge is -2.17. The van der Waals surface area contributed by atoms with E-state index >= 15 is 0 Å². The minimum atomic E-state index is 0.519. The van der Waals surface area contributed by atoms with Crippen molar-refractivity contribution in [1.29, 1.82) is 0 Å². The van der Waals surface area contributed by atoms with Gasteiger partial charge in [-0.05, 0) is 12.3 Å². The molecule has 0 radical (unpaired) electrons. The van der Waals surface area contributed by atoms with Gasteiger partial charge >= 0.3 is 0 Å². The van der Waals surface area contributed by atoms with Crippen LogP contribution in [0, 0.1) is 18.3 Å². The van der Waals surface area contributed by atoms with Gasteiger partial charge in [0.2, 0.25) is 0 Å². The van der Waals surface area contributed by atoms with Crippen LogP contribution in [0.1, 0.15) is 39.5 Å². The zero-order valence-corrected chi connectivity index (χ0v) is 10.8. The zero-order valence-electron chi connectivity index (χ0n) is 10.8. The molecule has 16 heavy (non-hydrogen) atoms. The average Bonchev–Trinajstić information content (AvgIpc) is 2.33. The van der Waals surface area contributed by atoms with Crippen LogP contribution in [0.2, 0.25) is 0 Å². The molecular weight excluding hydrogens is 198 g/mol. The summed E-state index contributed by atoms with van der Waals surface area (Å²) >= 11 is 0. The molecule has 0 aromatic carbocycles. The first-order chi connectivity index (χ1) is 7.78. The number of hydrogen-bond acceptors (Lipinski definition) is 1. The molecule has 0 aliphatic heterocycles. The summed E-state index contributed by atoms with van der Waals surface area (Å²) in [4.78, 5) is 4.11. The molecule has 0 heterocycles. The van der Waals surface area contributed by atoms with E-state index < -0.39 is 0 Å². The molecule has 0 amide bonds. The molecule has 1 atom stereocenters. The maximum atomic E-state index is 5.18. The fourth-order valence-corrected chi connectivity index (χ4v) is 1.54. The molecule has 0 saturated carbocycles. The molecule has 1 unspecified atom stereocenters. The average molecular weight is 223 g/mol. The van der Waals surface area contributed by atoms with Gasteiger partial charge in [0, 0.05) is 13.6 Å². The molecule has 3 heteroatoms. The highest BCUT2D eigenvalue weighted by atomic mass is 15.2. The van der Waals surface area contributed by atoms with Crippen LogP contribution in [0.3, 0.4) is 0 Å². The van der Waals surface area contributed by atoms with Crippen molar-refractivity contribution in [2.24, 2.45) is 10.9 Å². The number of rotatable bonds is 7. The van der Waals surface area contributed by atoms with E-state index in [1.807, 2.05) is 0 Å². The fourth-order valence-electron chi connectivity index (χ4n) is 1.54. The van der Waals surface area contributed by atoms with Crippen molar-refractivity contribution in [3.8, 4) is 12.3 Å². The normalized spacial score (nSPS) is 13.0. The molecule has 0 aromatic heterocycles. The van der Waals surface area contributed by atoms with Crippen molar-refractivity contribution < 1.29 is 0 Å². The quantitative estimate of drug-likeness (QED) is 0.393. The summed E-state index contributed by atoms with van der Waals surface area (Å²) < 4.78 is 0.